The molecular weight excluding hydrogens is 335 g/mol. The van der Waals surface area contributed by atoms with Gasteiger partial charge in [0.1, 0.15) is 12.4 Å². The zero-order valence-corrected chi connectivity index (χ0v) is 13.5. The molecule has 0 unspecified atom stereocenters. The fourth-order valence-electron chi connectivity index (χ4n) is 1.94. The fourth-order valence-corrected chi connectivity index (χ4v) is 1.94. The number of aryl methyl sites for hydroxylation is 2. The number of benzene rings is 2. The van der Waals surface area contributed by atoms with Crippen LogP contribution >= 0.6 is 0 Å². The molecule has 2 aromatic rings. The molecule has 7 heteroatoms. The summed E-state index contributed by atoms with van der Waals surface area (Å²) < 4.78 is 37.4. The van der Waals surface area contributed by atoms with E-state index < -0.39 is 12.1 Å². The Morgan fingerprint density at radius 3 is 2.12 bits per heavy atom. The molecule has 0 spiro atoms. The first-order valence-electron chi connectivity index (χ1n) is 7.59. The summed E-state index contributed by atoms with van der Waals surface area (Å²) in [7, 11) is 0. The minimum absolute atomic E-state index is 0.549. The van der Waals surface area contributed by atoms with Gasteiger partial charge in [0.25, 0.3) is 0 Å². The van der Waals surface area contributed by atoms with Crippen LogP contribution in [0.1, 0.15) is 11.1 Å². The summed E-state index contributed by atoms with van der Waals surface area (Å²) in [5.74, 6) is -1.80. The molecule has 3 N–H and O–H groups in total. The lowest BCUT2D eigenvalue weighted by atomic mass is 10.0. The van der Waals surface area contributed by atoms with Gasteiger partial charge in [-0.15, -0.1) is 0 Å². The minimum Gasteiger partial charge on any atom is -0.492 e. The minimum atomic E-state index is -5.08. The van der Waals surface area contributed by atoms with E-state index in [1.165, 1.54) is 11.1 Å². The van der Waals surface area contributed by atoms with E-state index in [4.69, 9.17) is 20.4 Å². The Morgan fingerprint density at radius 1 is 1.00 bits per heavy atom. The van der Waals surface area contributed by atoms with Crippen molar-refractivity contribution in [2.75, 3.05) is 13.2 Å². The van der Waals surface area contributed by atoms with Gasteiger partial charge in [0, 0.05) is 6.54 Å². The quantitative estimate of drug-likeness (QED) is 0.833. The van der Waals surface area contributed by atoms with Crippen molar-refractivity contribution in [3.05, 3.63) is 65.7 Å². The van der Waals surface area contributed by atoms with Gasteiger partial charge in [-0.2, -0.15) is 13.2 Å². The van der Waals surface area contributed by atoms with Crippen LogP contribution in [0, 0.1) is 0 Å². The number of aliphatic carboxylic acids is 1. The molecule has 0 amide bonds. The number of para-hydroxylation sites is 1. The van der Waals surface area contributed by atoms with Crippen molar-refractivity contribution >= 4 is 5.97 Å². The van der Waals surface area contributed by atoms with Gasteiger partial charge in [0.2, 0.25) is 0 Å². The molecular formula is C18H20F3NO3. The van der Waals surface area contributed by atoms with Crippen LogP contribution < -0.4 is 10.5 Å². The molecule has 4 nitrogen and oxygen atoms in total. The van der Waals surface area contributed by atoms with E-state index in [1.54, 1.807) is 0 Å². The normalized spacial score (nSPS) is 10.6. The van der Waals surface area contributed by atoms with Gasteiger partial charge in [-0.3, -0.25) is 0 Å². The van der Waals surface area contributed by atoms with Gasteiger partial charge >= 0.3 is 12.1 Å². The van der Waals surface area contributed by atoms with Gasteiger partial charge in [-0.05, 0) is 30.0 Å². The van der Waals surface area contributed by atoms with Gasteiger partial charge in [0.05, 0.1) is 0 Å². The van der Waals surface area contributed by atoms with E-state index >= 15 is 0 Å². The third-order valence-electron chi connectivity index (χ3n) is 3.12. The zero-order chi connectivity index (χ0) is 18.7. The Hall–Kier alpha value is -2.54. The maximum absolute atomic E-state index is 10.6. The summed E-state index contributed by atoms with van der Waals surface area (Å²) in [6.07, 6.45) is -3.06. The maximum atomic E-state index is 10.6. The molecule has 0 radical (unpaired) electrons. The summed E-state index contributed by atoms with van der Waals surface area (Å²) >= 11 is 0. The Balaban J connectivity index is 0.000000381. The van der Waals surface area contributed by atoms with Crippen LogP contribution in [-0.4, -0.2) is 30.4 Å². The molecule has 0 heterocycles. The first kappa shape index (κ1) is 20.5. The van der Waals surface area contributed by atoms with E-state index in [1.807, 2.05) is 18.2 Å². The van der Waals surface area contributed by atoms with Gasteiger partial charge in [-0.25, -0.2) is 4.79 Å². The molecule has 2 aromatic carbocycles. The van der Waals surface area contributed by atoms with Crippen LogP contribution in [0.15, 0.2) is 54.6 Å². The summed E-state index contributed by atoms with van der Waals surface area (Å²) in [6, 6.07) is 18.7. The lowest BCUT2D eigenvalue weighted by molar-refractivity contribution is -0.192. The monoisotopic (exact) mass is 355 g/mol. The van der Waals surface area contributed by atoms with Crippen LogP contribution in [0.25, 0.3) is 0 Å². The molecule has 0 fully saturated rings. The van der Waals surface area contributed by atoms with Crippen molar-refractivity contribution in [1.82, 2.24) is 0 Å². The van der Waals surface area contributed by atoms with E-state index in [-0.39, 0.29) is 0 Å². The van der Waals surface area contributed by atoms with E-state index in [2.05, 4.69) is 36.4 Å². The number of hydrogen-bond acceptors (Lipinski definition) is 3. The number of ether oxygens (including phenoxy) is 1. The highest BCUT2D eigenvalue weighted by atomic mass is 19.4. The second-order valence-electron chi connectivity index (χ2n) is 5.03. The third kappa shape index (κ3) is 8.21. The zero-order valence-electron chi connectivity index (χ0n) is 13.5. The molecule has 0 aliphatic heterocycles. The van der Waals surface area contributed by atoms with Crippen molar-refractivity contribution < 1.29 is 27.8 Å². The van der Waals surface area contributed by atoms with E-state index in [0.29, 0.717) is 13.2 Å². The molecule has 0 aliphatic rings. The van der Waals surface area contributed by atoms with Gasteiger partial charge in [-0.1, -0.05) is 48.5 Å². The van der Waals surface area contributed by atoms with E-state index in [9.17, 15) is 13.2 Å². The maximum Gasteiger partial charge on any atom is 0.490 e. The number of halogens is 3. The Bertz CT molecular complexity index is 646. The van der Waals surface area contributed by atoms with Gasteiger partial charge < -0.3 is 15.6 Å². The predicted molar refractivity (Wildman–Crippen MR) is 88.5 cm³/mol. The van der Waals surface area contributed by atoms with E-state index in [0.717, 1.165) is 18.6 Å². The molecule has 25 heavy (non-hydrogen) atoms. The highest BCUT2D eigenvalue weighted by Gasteiger charge is 2.38. The molecule has 0 atom stereocenters. The Kier molecular flexibility index (Phi) is 8.49. The highest BCUT2D eigenvalue weighted by Crippen LogP contribution is 2.19. The first-order valence-corrected chi connectivity index (χ1v) is 7.59. The van der Waals surface area contributed by atoms with Crippen LogP contribution in [0.2, 0.25) is 0 Å². The Labute approximate surface area is 144 Å². The average molecular weight is 355 g/mol. The Morgan fingerprint density at radius 2 is 1.56 bits per heavy atom. The van der Waals surface area contributed by atoms with Crippen LogP contribution in [-0.2, 0) is 17.6 Å². The third-order valence-corrected chi connectivity index (χ3v) is 3.12. The van der Waals surface area contributed by atoms with Crippen LogP contribution in [0.4, 0.5) is 13.2 Å². The largest absolute Gasteiger partial charge is 0.492 e. The smallest absolute Gasteiger partial charge is 0.490 e. The van der Waals surface area contributed by atoms with Gasteiger partial charge in [0.15, 0.2) is 0 Å². The first-order chi connectivity index (χ1) is 11.8. The summed E-state index contributed by atoms with van der Waals surface area (Å²) in [5.41, 5.74) is 8.06. The second kappa shape index (κ2) is 10.4. The standard InChI is InChI=1S/C16H19NO.C2HF3O2/c17-12-13-18-16-9-5-4-8-15(16)11-10-14-6-2-1-3-7-14;3-2(4,5)1(6)7/h1-9H,10-13,17H2;(H,6,7). The van der Waals surface area contributed by atoms with Crippen LogP contribution in [0.5, 0.6) is 5.75 Å². The fraction of sp³-hybridized carbons (Fsp3) is 0.278. The summed E-state index contributed by atoms with van der Waals surface area (Å²) in [5, 5.41) is 7.12. The van der Waals surface area contributed by atoms with Crippen molar-refractivity contribution in [3.8, 4) is 5.75 Å². The topological polar surface area (TPSA) is 72.5 Å². The van der Waals surface area contributed by atoms with Crippen molar-refractivity contribution in [2.24, 2.45) is 5.73 Å². The number of nitrogens with two attached hydrogens (primary N) is 1. The molecule has 0 aromatic heterocycles. The molecule has 0 saturated heterocycles. The summed E-state index contributed by atoms with van der Waals surface area (Å²) in [4.78, 5) is 8.90. The molecule has 2 rings (SSSR count). The predicted octanol–water partition coefficient (Wildman–Crippen LogP) is 3.44. The number of carboxylic acids is 1. The second-order valence-corrected chi connectivity index (χ2v) is 5.03. The molecule has 0 aliphatic carbocycles. The molecule has 0 saturated carbocycles. The lowest BCUT2D eigenvalue weighted by Gasteiger charge is -2.10. The number of rotatable bonds is 6. The van der Waals surface area contributed by atoms with Crippen molar-refractivity contribution in [3.63, 3.8) is 0 Å². The SMILES string of the molecule is NCCOc1ccccc1CCc1ccccc1.O=C(O)C(F)(F)F. The lowest BCUT2D eigenvalue weighted by Crippen LogP contribution is -2.21. The number of carboxylic acid groups (broad SMARTS) is 1. The highest BCUT2D eigenvalue weighted by molar-refractivity contribution is 5.73. The molecule has 0 bridgehead atoms. The van der Waals surface area contributed by atoms with Crippen molar-refractivity contribution in [1.29, 1.82) is 0 Å². The number of hydrogen-bond donors (Lipinski definition) is 2. The number of carbonyl (C=O) groups is 1. The average Bonchev–Trinajstić information content (AvgIpc) is 2.59. The van der Waals surface area contributed by atoms with Crippen molar-refractivity contribution in [2.45, 2.75) is 19.0 Å². The summed E-state index contributed by atoms with van der Waals surface area (Å²) in [6.45, 7) is 1.12. The molecule has 136 valence electrons. The van der Waals surface area contributed by atoms with Crippen LogP contribution in [0.3, 0.4) is 0 Å². The number of alkyl halides is 3.